The number of aromatic amines is 1. The summed E-state index contributed by atoms with van der Waals surface area (Å²) < 4.78 is 1.28. The third kappa shape index (κ3) is 4.69. The quantitative estimate of drug-likeness (QED) is 0.811. The van der Waals surface area contributed by atoms with E-state index >= 15 is 0 Å². The fourth-order valence-electron chi connectivity index (χ4n) is 3.12. The summed E-state index contributed by atoms with van der Waals surface area (Å²) in [7, 11) is 0. The molecule has 25 heavy (non-hydrogen) atoms. The smallest absolute Gasteiger partial charge is 0.328 e. The zero-order valence-corrected chi connectivity index (χ0v) is 15.5. The molecule has 1 heterocycles. The Morgan fingerprint density at radius 3 is 2.36 bits per heavy atom. The van der Waals surface area contributed by atoms with Crippen molar-refractivity contribution in [3.63, 3.8) is 0 Å². The molecular weight excluding hydrogens is 316 g/mol. The summed E-state index contributed by atoms with van der Waals surface area (Å²) in [6.07, 6.45) is 1.06. The van der Waals surface area contributed by atoms with Gasteiger partial charge in [0.2, 0.25) is 0 Å². The Hall–Kier alpha value is -2.14. The summed E-state index contributed by atoms with van der Waals surface area (Å²) in [5.74, 6) is 0.00951. The molecule has 0 fully saturated rings. The van der Waals surface area contributed by atoms with Crippen LogP contribution in [-0.4, -0.2) is 21.3 Å². The zero-order valence-electron chi connectivity index (χ0n) is 15.5. The molecule has 1 aromatic heterocycles. The number of rotatable bonds is 7. The first-order chi connectivity index (χ1) is 11.7. The molecular formula is C20H28N2O3. The van der Waals surface area contributed by atoms with Gasteiger partial charge in [0.15, 0.2) is 0 Å². The lowest BCUT2D eigenvalue weighted by molar-refractivity contribution is 0.189. The van der Waals surface area contributed by atoms with E-state index in [1.165, 1.54) is 4.57 Å². The number of aliphatic hydroxyl groups is 1. The highest BCUT2D eigenvalue weighted by atomic mass is 16.3. The van der Waals surface area contributed by atoms with E-state index < -0.39 is 0 Å². The van der Waals surface area contributed by atoms with Gasteiger partial charge in [-0.2, -0.15) is 0 Å². The molecule has 0 aliphatic heterocycles. The third-order valence-corrected chi connectivity index (χ3v) is 4.48. The predicted molar refractivity (Wildman–Crippen MR) is 100 cm³/mol. The summed E-state index contributed by atoms with van der Waals surface area (Å²) in [6.45, 7) is 8.14. The lowest BCUT2D eigenvalue weighted by Crippen LogP contribution is -2.42. The first kappa shape index (κ1) is 19.2. The van der Waals surface area contributed by atoms with Gasteiger partial charge in [0.1, 0.15) is 0 Å². The summed E-state index contributed by atoms with van der Waals surface area (Å²) in [4.78, 5) is 28.5. The van der Waals surface area contributed by atoms with Crippen LogP contribution in [0.5, 0.6) is 0 Å². The lowest BCUT2D eigenvalue weighted by Gasteiger charge is -2.25. The van der Waals surface area contributed by atoms with Gasteiger partial charge in [-0.15, -0.1) is 0 Å². The van der Waals surface area contributed by atoms with Crippen molar-refractivity contribution in [2.24, 2.45) is 5.41 Å². The van der Waals surface area contributed by atoms with Crippen LogP contribution >= 0.6 is 0 Å². The van der Waals surface area contributed by atoms with Gasteiger partial charge >= 0.3 is 5.69 Å². The first-order valence-electron chi connectivity index (χ1n) is 8.76. The third-order valence-electron chi connectivity index (χ3n) is 4.48. The minimum Gasteiger partial charge on any atom is -0.396 e. The van der Waals surface area contributed by atoms with Crippen LogP contribution in [0.15, 0.2) is 39.9 Å². The van der Waals surface area contributed by atoms with Crippen LogP contribution in [0.3, 0.4) is 0 Å². The molecule has 0 aliphatic carbocycles. The molecule has 0 atom stereocenters. The number of benzene rings is 1. The monoisotopic (exact) mass is 344 g/mol. The number of hydrogen-bond acceptors (Lipinski definition) is 3. The largest absolute Gasteiger partial charge is 0.396 e. The number of nitrogens with one attached hydrogen (secondary N) is 1. The van der Waals surface area contributed by atoms with Gasteiger partial charge in [-0.3, -0.25) is 9.36 Å². The van der Waals surface area contributed by atoms with Crippen molar-refractivity contribution in [2.75, 3.05) is 6.61 Å². The van der Waals surface area contributed by atoms with Gasteiger partial charge in [-0.05, 0) is 23.3 Å². The molecule has 2 rings (SSSR count). The normalized spacial score (nSPS) is 11.9. The van der Waals surface area contributed by atoms with E-state index in [0.717, 1.165) is 5.56 Å². The fourth-order valence-corrected chi connectivity index (χ4v) is 3.12. The Morgan fingerprint density at radius 1 is 1.16 bits per heavy atom. The van der Waals surface area contributed by atoms with Crippen molar-refractivity contribution < 1.29 is 5.11 Å². The Morgan fingerprint density at radius 2 is 1.80 bits per heavy atom. The van der Waals surface area contributed by atoms with Crippen LogP contribution in [-0.2, 0) is 13.0 Å². The maximum atomic E-state index is 13.0. The maximum Gasteiger partial charge on any atom is 0.328 e. The Bertz CT molecular complexity index is 817. The maximum absolute atomic E-state index is 13.0. The molecule has 136 valence electrons. The SMILES string of the molecule is CC(C)c1c(Cc2ccccc2)[nH]c(=O)n(CC(C)(C)CCO)c1=O. The second kappa shape index (κ2) is 7.83. The Kier molecular flexibility index (Phi) is 6.01. The highest BCUT2D eigenvalue weighted by molar-refractivity contribution is 5.28. The molecule has 0 bridgehead atoms. The van der Waals surface area contributed by atoms with Gasteiger partial charge < -0.3 is 10.1 Å². The second-order valence-electron chi connectivity index (χ2n) is 7.67. The molecule has 5 heteroatoms. The van der Waals surface area contributed by atoms with Crippen molar-refractivity contribution in [2.45, 2.75) is 53.0 Å². The van der Waals surface area contributed by atoms with Crippen molar-refractivity contribution in [3.8, 4) is 0 Å². The van der Waals surface area contributed by atoms with Crippen LogP contribution in [0.2, 0.25) is 0 Å². The van der Waals surface area contributed by atoms with E-state index in [0.29, 0.717) is 24.1 Å². The first-order valence-corrected chi connectivity index (χ1v) is 8.76. The van der Waals surface area contributed by atoms with Crippen LogP contribution in [0, 0.1) is 5.41 Å². The fraction of sp³-hybridized carbons (Fsp3) is 0.500. The standard InChI is InChI=1S/C20H28N2O3/c1-14(2)17-16(12-15-8-6-5-7-9-15)21-19(25)22(18(17)24)13-20(3,4)10-11-23/h5-9,14,23H,10-13H2,1-4H3,(H,21,25). The van der Waals surface area contributed by atoms with Crippen LogP contribution in [0.25, 0.3) is 0 Å². The van der Waals surface area contributed by atoms with Crippen molar-refractivity contribution in [1.29, 1.82) is 0 Å². The Balaban J connectivity index is 2.51. The molecule has 2 aromatic rings. The highest BCUT2D eigenvalue weighted by Gasteiger charge is 2.23. The molecule has 0 aliphatic rings. The number of aliphatic hydroxyl groups excluding tert-OH is 1. The van der Waals surface area contributed by atoms with E-state index in [1.54, 1.807) is 0 Å². The number of nitrogens with zero attached hydrogens (tertiary/aromatic N) is 1. The van der Waals surface area contributed by atoms with Gasteiger partial charge in [0, 0.05) is 30.8 Å². The molecule has 0 saturated heterocycles. The number of aromatic nitrogens is 2. The molecule has 0 saturated carbocycles. The van der Waals surface area contributed by atoms with E-state index in [4.69, 9.17) is 0 Å². The van der Waals surface area contributed by atoms with E-state index in [1.807, 2.05) is 58.0 Å². The Labute approximate surface area is 148 Å². The van der Waals surface area contributed by atoms with Crippen molar-refractivity contribution in [3.05, 3.63) is 68.0 Å². The average molecular weight is 344 g/mol. The molecule has 0 unspecified atom stereocenters. The number of H-pyrrole nitrogens is 1. The molecule has 0 radical (unpaired) electrons. The van der Waals surface area contributed by atoms with Crippen LogP contribution < -0.4 is 11.2 Å². The lowest BCUT2D eigenvalue weighted by atomic mass is 9.89. The van der Waals surface area contributed by atoms with Crippen molar-refractivity contribution >= 4 is 0 Å². The second-order valence-corrected chi connectivity index (χ2v) is 7.67. The summed E-state index contributed by atoms with van der Waals surface area (Å²) in [5, 5.41) is 9.20. The van der Waals surface area contributed by atoms with E-state index in [-0.39, 0.29) is 35.7 Å². The minimum atomic E-state index is -0.383. The average Bonchev–Trinajstić information content (AvgIpc) is 2.52. The molecule has 1 aromatic carbocycles. The zero-order chi connectivity index (χ0) is 18.6. The predicted octanol–water partition coefficient (Wildman–Crippen LogP) is 2.66. The molecule has 0 spiro atoms. The van der Waals surface area contributed by atoms with Gasteiger partial charge in [-0.25, -0.2) is 4.79 Å². The molecule has 0 amide bonds. The van der Waals surface area contributed by atoms with E-state index in [9.17, 15) is 14.7 Å². The topological polar surface area (TPSA) is 75.1 Å². The molecule has 5 nitrogen and oxygen atoms in total. The highest BCUT2D eigenvalue weighted by Crippen LogP contribution is 2.22. The summed E-state index contributed by atoms with van der Waals surface area (Å²) in [6, 6.07) is 9.80. The van der Waals surface area contributed by atoms with Crippen molar-refractivity contribution in [1.82, 2.24) is 9.55 Å². The summed E-state index contributed by atoms with van der Waals surface area (Å²) in [5.41, 5.74) is 1.45. The summed E-state index contributed by atoms with van der Waals surface area (Å²) >= 11 is 0. The van der Waals surface area contributed by atoms with Gasteiger partial charge in [0.25, 0.3) is 5.56 Å². The van der Waals surface area contributed by atoms with Gasteiger partial charge in [-0.1, -0.05) is 58.0 Å². The number of hydrogen-bond donors (Lipinski definition) is 2. The molecule has 2 N–H and O–H groups in total. The minimum absolute atomic E-state index is 0.00951. The van der Waals surface area contributed by atoms with Crippen LogP contribution in [0.4, 0.5) is 0 Å². The van der Waals surface area contributed by atoms with Crippen LogP contribution in [0.1, 0.15) is 56.9 Å². The van der Waals surface area contributed by atoms with E-state index in [2.05, 4.69) is 4.98 Å². The van der Waals surface area contributed by atoms with Gasteiger partial charge in [0.05, 0.1) is 0 Å².